The second-order valence-corrected chi connectivity index (χ2v) is 8.44. The van der Waals surface area contributed by atoms with Crippen molar-refractivity contribution in [3.63, 3.8) is 0 Å². The second kappa shape index (κ2) is 7.95. The van der Waals surface area contributed by atoms with Crippen LogP contribution in [0.15, 0.2) is 4.90 Å². The van der Waals surface area contributed by atoms with Gasteiger partial charge in [0.15, 0.2) is 17.5 Å². The number of anilines is 1. The summed E-state index contributed by atoms with van der Waals surface area (Å²) in [7, 11) is -4.64. The Kier molecular flexibility index (Phi) is 6.37. The summed E-state index contributed by atoms with van der Waals surface area (Å²) in [6.07, 6.45) is 6.44. The van der Waals surface area contributed by atoms with Gasteiger partial charge in [0, 0.05) is 11.6 Å². The average Bonchev–Trinajstić information content (AvgIpc) is 2.45. The maximum absolute atomic E-state index is 14.9. The van der Waals surface area contributed by atoms with Crippen molar-refractivity contribution in [1.82, 2.24) is 0 Å². The fourth-order valence-electron chi connectivity index (χ4n) is 3.37. The monoisotopic (exact) mass is 378 g/mol. The summed E-state index contributed by atoms with van der Waals surface area (Å²) in [6.45, 7) is 3.02. The molecule has 0 spiro atoms. The summed E-state index contributed by atoms with van der Waals surface area (Å²) >= 11 is 0. The number of benzene rings is 1. The first-order chi connectivity index (χ1) is 11.6. The molecular weight excluding hydrogens is 353 g/mol. The third kappa shape index (κ3) is 4.47. The molecule has 0 radical (unpaired) electrons. The van der Waals surface area contributed by atoms with Gasteiger partial charge >= 0.3 is 0 Å². The lowest BCUT2D eigenvalue weighted by Gasteiger charge is -2.25. The van der Waals surface area contributed by atoms with E-state index in [0.29, 0.717) is 12.8 Å². The summed E-state index contributed by atoms with van der Waals surface area (Å²) in [5.41, 5.74) is -1.02. The van der Waals surface area contributed by atoms with Crippen molar-refractivity contribution in [2.45, 2.75) is 75.6 Å². The molecule has 0 bridgehead atoms. The Balaban J connectivity index is 2.57. The highest BCUT2D eigenvalue weighted by molar-refractivity contribution is 7.89. The van der Waals surface area contributed by atoms with Crippen LogP contribution in [-0.4, -0.2) is 14.5 Å². The largest absolute Gasteiger partial charge is 0.379 e. The molecular formula is C17H25F3N2O2S. The van der Waals surface area contributed by atoms with Gasteiger partial charge in [-0.1, -0.05) is 46.0 Å². The predicted molar refractivity (Wildman–Crippen MR) is 91.5 cm³/mol. The first-order valence-electron chi connectivity index (χ1n) is 8.64. The Morgan fingerprint density at radius 3 is 1.96 bits per heavy atom. The summed E-state index contributed by atoms with van der Waals surface area (Å²) in [5.74, 6) is -4.86. The minimum Gasteiger partial charge on any atom is -0.379 e. The van der Waals surface area contributed by atoms with Gasteiger partial charge in [-0.3, -0.25) is 0 Å². The van der Waals surface area contributed by atoms with Crippen LogP contribution in [0.5, 0.6) is 0 Å². The molecule has 1 aliphatic carbocycles. The fraction of sp³-hybridized carbons (Fsp3) is 0.647. The van der Waals surface area contributed by atoms with E-state index >= 15 is 0 Å². The number of nitrogens with two attached hydrogens (primary N) is 1. The Morgan fingerprint density at radius 1 is 0.960 bits per heavy atom. The zero-order valence-corrected chi connectivity index (χ0v) is 15.4. The molecule has 0 amide bonds. The van der Waals surface area contributed by atoms with Gasteiger partial charge in [-0.05, 0) is 18.8 Å². The van der Waals surface area contributed by atoms with E-state index in [-0.39, 0.29) is 6.04 Å². The van der Waals surface area contributed by atoms with E-state index in [1.807, 2.05) is 0 Å². The molecule has 1 aromatic rings. The number of halogens is 3. The van der Waals surface area contributed by atoms with Crippen LogP contribution < -0.4 is 10.5 Å². The highest BCUT2D eigenvalue weighted by Crippen LogP contribution is 2.36. The molecule has 0 unspecified atom stereocenters. The van der Waals surface area contributed by atoms with E-state index < -0.39 is 49.5 Å². The summed E-state index contributed by atoms with van der Waals surface area (Å²) in [4.78, 5) is -1.13. The first kappa shape index (κ1) is 20.0. The van der Waals surface area contributed by atoms with Gasteiger partial charge in [0.1, 0.15) is 4.90 Å². The minimum absolute atomic E-state index is 0.208. The molecule has 0 aromatic heterocycles. The van der Waals surface area contributed by atoms with Crippen LogP contribution in [-0.2, 0) is 10.0 Å². The third-order valence-corrected chi connectivity index (χ3v) is 5.58. The number of sulfonamides is 1. The van der Waals surface area contributed by atoms with Crippen molar-refractivity contribution in [2.75, 3.05) is 5.32 Å². The SMILES string of the molecule is CC(C)c1c(F)c(F)c(S(N)(=O)=O)c(NC2CCCCCCC2)c1F. The normalized spacial score (nSPS) is 17.4. The van der Waals surface area contributed by atoms with Crippen LogP contribution in [0, 0.1) is 17.5 Å². The first-order valence-corrected chi connectivity index (χ1v) is 10.2. The molecule has 0 atom stereocenters. The molecule has 4 nitrogen and oxygen atoms in total. The topological polar surface area (TPSA) is 72.2 Å². The molecule has 1 saturated carbocycles. The van der Waals surface area contributed by atoms with Crippen LogP contribution >= 0.6 is 0 Å². The van der Waals surface area contributed by atoms with E-state index in [1.54, 1.807) is 0 Å². The van der Waals surface area contributed by atoms with Crippen molar-refractivity contribution in [1.29, 1.82) is 0 Å². The molecule has 3 N–H and O–H groups in total. The average molecular weight is 378 g/mol. The molecule has 0 heterocycles. The van der Waals surface area contributed by atoms with Crippen LogP contribution in [0.25, 0.3) is 0 Å². The molecule has 142 valence electrons. The molecule has 0 saturated heterocycles. The van der Waals surface area contributed by atoms with Crippen LogP contribution in [0.1, 0.15) is 70.3 Å². The standard InChI is InChI=1S/C17H25F3N2O2S/c1-10(2)12-13(18)15(20)17(25(21,23)24)16(14(12)19)22-11-8-6-4-3-5-7-9-11/h10-11,22H,3-9H2,1-2H3,(H2,21,23,24). The van der Waals surface area contributed by atoms with Gasteiger partial charge in [-0.15, -0.1) is 0 Å². The maximum Gasteiger partial charge on any atom is 0.243 e. The lowest BCUT2D eigenvalue weighted by atomic mass is 9.95. The Hall–Kier alpha value is -1.28. The molecule has 1 aliphatic rings. The lowest BCUT2D eigenvalue weighted by Crippen LogP contribution is -2.26. The molecule has 0 aliphatic heterocycles. The number of rotatable bonds is 4. The summed E-state index contributed by atoms with van der Waals surface area (Å²) in [6, 6.07) is -0.208. The zero-order valence-electron chi connectivity index (χ0n) is 14.5. The summed E-state index contributed by atoms with van der Waals surface area (Å²) in [5, 5.41) is 7.86. The van der Waals surface area contributed by atoms with Crippen LogP contribution in [0.4, 0.5) is 18.9 Å². The maximum atomic E-state index is 14.9. The lowest BCUT2D eigenvalue weighted by molar-refractivity contribution is 0.445. The van der Waals surface area contributed by atoms with Gasteiger partial charge in [0.25, 0.3) is 0 Å². The number of nitrogens with one attached hydrogen (secondary N) is 1. The predicted octanol–water partition coefficient (Wildman–Crippen LogP) is 4.40. The number of primary sulfonamides is 1. The highest BCUT2D eigenvalue weighted by Gasteiger charge is 2.32. The Morgan fingerprint density at radius 2 is 1.48 bits per heavy atom. The molecule has 25 heavy (non-hydrogen) atoms. The highest BCUT2D eigenvalue weighted by atomic mass is 32.2. The molecule has 2 rings (SSSR count). The molecule has 1 aromatic carbocycles. The van der Waals surface area contributed by atoms with Gasteiger partial charge < -0.3 is 5.32 Å². The molecule has 1 fully saturated rings. The smallest absolute Gasteiger partial charge is 0.243 e. The van der Waals surface area contributed by atoms with Gasteiger partial charge in [0.2, 0.25) is 10.0 Å². The Labute approximate surface area is 147 Å². The van der Waals surface area contributed by atoms with Crippen molar-refractivity contribution >= 4 is 15.7 Å². The molecule has 8 heteroatoms. The number of hydrogen-bond donors (Lipinski definition) is 2. The zero-order chi connectivity index (χ0) is 18.8. The van der Waals surface area contributed by atoms with E-state index in [0.717, 1.165) is 32.1 Å². The van der Waals surface area contributed by atoms with Gasteiger partial charge in [-0.25, -0.2) is 26.7 Å². The number of hydrogen-bond acceptors (Lipinski definition) is 3. The van der Waals surface area contributed by atoms with Crippen molar-refractivity contribution in [3.8, 4) is 0 Å². The van der Waals surface area contributed by atoms with Crippen molar-refractivity contribution in [2.24, 2.45) is 5.14 Å². The van der Waals surface area contributed by atoms with E-state index in [1.165, 1.54) is 13.8 Å². The van der Waals surface area contributed by atoms with Gasteiger partial charge in [-0.2, -0.15) is 0 Å². The van der Waals surface area contributed by atoms with Crippen molar-refractivity contribution in [3.05, 3.63) is 23.0 Å². The minimum atomic E-state index is -4.64. The summed E-state index contributed by atoms with van der Waals surface area (Å²) < 4.78 is 67.1. The quantitative estimate of drug-likeness (QED) is 0.763. The van der Waals surface area contributed by atoms with Crippen LogP contribution in [0.3, 0.4) is 0 Å². The van der Waals surface area contributed by atoms with E-state index in [2.05, 4.69) is 5.32 Å². The fourth-order valence-corrected chi connectivity index (χ4v) is 4.14. The van der Waals surface area contributed by atoms with Gasteiger partial charge in [0.05, 0.1) is 5.69 Å². The Bertz CT molecular complexity index is 728. The van der Waals surface area contributed by atoms with E-state index in [4.69, 9.17) is 5.14 Å². The van der Waals surface area contributed by atoms with Crippen molar-refractivity contribution < 1.29 is 21.6 Å². The van der Waals surface area contributed by atoms with Crippen LogP contribution in [0.2, 0.25) is 0 Å². The second-order valence-electron chi connectivity index (χ2n) is 6.95. The van der Waals surface area contributed by atoms with E-state index in [9.17, 15) is 21.6 Å². The third-order valence-electron chi connectivity index (χ3n) is 4.63.